The van der Waals surface area contributed by atoms with Crippen molar-refractivity contribution in [3.63, 3.8) is 0 Å². The molecule has 1 amide bonds. The lowest BCUT2D eigenvalue weighted by atomic mass is 9.99. The number of carbonyl (C=O) groups is 2. The van der Waals surface area contributed by atoms with Crippen molar-refractivity contribution in [3.8, 4) is 0 Å². The van der Waals surface area contributed by atoms with Gasteiger partial charge < -0.3 is 9.64 Å². The molecular formula is C11H17NO3. The number of hydrogen-bond donors (Lipinski definition) is 0. The summed E-state index contributed by atoms with van der Waals surface area (Å²) in [6.45, 7) is 3.90. The Bertz CT molecular complexity index is 277. The Morgan fingerprint density at radius 3 is 2.87 bits per heavy atom. The quantitative estimate of drug-likeness (QED) is 0.642. The number of Topliss-reactive ketones (excluding diaryl/α,β-unsaturated/α-hetero) is 1. The van der Waals surface area contributed by atoms with Crippen LogP contribution in [-0.4, -0.2) is 42.4 Å². The second-order valence-corrected chi connectivity index (χ2v) is 4.36. The van der Waals surface area contributed by atoms with Crippen LogP contribution in [0, 0.1) is 5.92 Å². The Balaban J connectivity index is 1.91. The van der Waals surface area contributed by atoms with Crippen molar-refractivity contribution in [1.82, 2.24) is 4.90 Å². The molecule has 15 heavy (non-hydrogen) atoms. The molecule has 2 aliphatic heterocycles. The van der Waals surface area contributed by atoms with E-state index in [1.807, 2.05) is 0 Å². The van der Waals surface area contributed by atoms with Gasteiger partial charge in [-0.1, -0.05) is 6.92 Å². The van der Waals surface area contributed by atoms with Crippen molar-refractivity contribution >= 4 is 11.7 Å². The number of ether oxygens (including phenoxy) is 1. The van der Waals surface area contributed by atoms with E-state index >= 15 is 0 Å². The third-order valence-corrected chi connectivity index (χ3v) is 3.27. The van der Waals surface area contributed by atoms with Gasteiger partial charge in [-0.2, -0.15) is 0 Å². The molecule has 2 rings (SSSR count). The second kappa shape index (κ2) is 4.31. The summed E-state index contributed by atoms with van der Waals surface area (Å²) in [6.07, 6.45) is 2.37. The molecule has 2 fully saturated rings. The summed E-state index contributed by atoms with van der Waals surface area (Å²) in [7, 11) is 0. The molecule has 2 heterocycles. The van der Waals surface area contributed by atoms with Crippen LogP contribution in [0.4, 0.5) is 0 Å². The number of ketones is 1. The predicted octanol–water partition coefficient (Wildman–Crippen LogP) is 0.603. The monoisotopic (exact) mass is 211 g/mol. The molecule has 2 saturated heterocycles. The van der Waals surface area contributed by atoms with Crippen LogP contribution in [0.5, 0.6) is 0 Å². The second-order valence-electron chi connectivity index (χ2n) is 4.36. The lowest BCUT2D eigenvalue weighted by molar-refractivity contribution is -0.128. The van der Waals surface area contributed by atoms with E-state index < -0.39 is 0 Å². The molecule has 0 N–H and O–H groups in total. The van der Waals surface area contributed by atoms with Crippen LogP contribution in [-0.2, 0) is 14.3 Å². The van der Waals surface area contributed by atoms with E-state index in [9.17, 15) is 9.59 Å². The van der Waals surface area contributed by atoms with Crippen LogP contribution in [0.3, 0.4) is 0 Å². The van der Waals surface area contributed by atoms with Gasteiger partial charge in [-0.3, -0.25) is 9.59 Å². The fourth-order valence-corrected chi connectivity index (χ4v) is 2.44. The Morgan fingerprint density at radius 1 is 1.47 bits per heavy atom. The molecular weight excluding hydrogens is 194 g/mol. The summed E-state index contributed by atoms with van der Waals surface area (Å²) >= 11 is 0. The summed E-state index contributed by atoms with van der Waals surface area (Å²) in [6, 6.07) is 0. The molecule has 4 heteroatoms. The average molecular weight is 211 g/mol. The van der Waals surface area contributed by atoms with E-state index in [-0.39, 0.29) is 24.2 Å². The van der Waals surface area contributed by atoms with Crippen molar-refractivity contribution in [1.29, 1.82) is 0 Å². The number of rotatable bonds is 3. The zero-order valence-corrected chi connectivity index (χ0v) is 9.07. The number of hydrogen-bond acceptors (Lipinski definition) is 3. The highest BCUT2D eigenvalue weighted by Crippen LogP contribution is 2.25. The molecule has 2 unspecified atom stereocenters. The van der Waals surface area contributed by atoms with Crippen LogP contribution in [0.25, 0.3) is 0 Å². The molecule has 0 aromatic rings. The van der Waals surface area contributed by atoms with E-state index in [0.29, 0.717) is 19.0 Å². The molecule has 0 aromatic carbocycles. The van der Waals surface area contributed by atoms with Gasteiger partial charge in [0.25, 0.3) is 0 Å². The van der Waals surface area contributed by atoms with Gasteiger partial charge in [0, 0.05) is 19.1 Å². The Morgan fingerprint density at radius 2 is 2.27 bits per heavy atom. The van der Waals surface area contributed by atoms with Crippen LogP contribution < -0.4 is 0 Å². The molecule has 0 spiro atoms. The van der Waals surface area contributed by atoms with Gasteiger partial charge in [-0.25, -0.2) is 0 Å². The lowest BCUT2D eigenvalue weighted by Crippen LogP contribution is -2.34. The fraction of sp³-hybridized carbons (Fsp3) is 0.818. The zero-order valence-electron chi connectivity index (χ0n) is 9.07. The first kappa shape index (κ1) is 10.6. The van der Waals surface area contributed by atoms with Crippen molar-refractivity contribution in [2.75, 3.05) is 19.7 Å². The maximum absolute atomic E-state index is 11.4. The van der Waals surface area contributed by atoms with Crippen LogP contribution in [0.2, 0.25) is 0 Å². The molecule has 84 valence electrons. The third-order valence-electron chi connectivity index (χ3n) is 3.27. The summed E-state index contributed by atoms with van der Waals surface area (Å²) in [5, 5.41) is 0. The Hall–Kier alpha value is -0.900. The number of amides is 1. The first-order valence-corrected chi connectivity index (χ1v) is 5.61. The minimum Gasteiger partial charge on any atom is -0.378 e. The normalized spacial score (nSPS) is 31.7. The molecule has 0 bridgehead atoms. The van der Waals surface area contributed by atoms with Gasteiger partial charge in [0.2, 0.25) is 5.91 Å². The molecule has 0 aliphatic carbocycles. The first-order chi connectivity index (χ1) is 7.20. The highest BCUT2D eigenvalue weighted by molar-refractivity contribution is 6.05. The van der Waals surface area contributed by atoms with Gasteiger partial charge in [-0.05, 0) is 12.8 Å². The van der Waals surface area contributed by atoms with Crippen molar-refractivity contribution in [2.45, 2.75) is 32.3 Å². The third kappa shape index (κ3) is 2.20. The van der Waals surface area contributed by atoms with E-state index in [4.69, 9.17) is 4.74 Å². The summed E-state index contributed by atoms with van der Waals surface area (Å²) in [4.78, 5) is 24.2. The number of likely N-dealkylation sites (tertiary alicyclic amines) is 1. The summed E-state index contributed by atoms with van der Waals surface area (Å²) in [5.41, 5.74) is 0. The minimum absolute atomic E-state index is 0.0123. The highest BCUT2D eigenvalue weighted by atomic mass is 16.5. The zero-order chi connectivity index (χ0) is 10.8. The lowest BCUT2D eigenvalue weighted by Gasteiger charge is -2.22. The Kier molecular flexibility index (Phi) is 3.05. The molecule has 0 aromatic heterocycles. The van der Waals surface area contributed by atoms with Gasteiger partial charge in [0.1, 0.15) is 0 Å². The highest BCUT2D eigenvalue weighted by Gasteiger charge is 2.33. The van der Waals surface area contributed by atoms with E-state index in [1.54, 1.807) is 4.90 Å². The van der Waals surface area contributed by atoms with Crippen molar-refractivity contribution in [3.05, 3.63) is 0 Å². The smallest absolute Gasteiger partial charge is 0.230 e. The van der Waals surface area contributed by atoms with Crippen LogP contribution in [0.1, 0.15) is 26.2 Å². The molecule has 0 radical (unpaired) electrons. The summed E-state index contributed by atoms with van der Waals surface area (Å²) < 4.78 is 5.56. The van der Waals surface area contributed by atoms with Gasteiger partial charge in [0.05, 0.1) is 19.1 Å². The topological polar surface area (TPSA) is 46.6 Å². The average Bonchev–Trinajstić information content (AvgIpc) is 2.74. The van der Waals surface area contributed by atoms with Crippen LogP contribution in [0.15, 0.2) is 0 Å². The molecule has 0 saturated carbocycles. The fourth-order valence-electron chi connectivity index (χ4n) is 2.44. The van der Waals surface area contributed by atoms with Gasteiger partial charge in [0.15, 0.2) is 5.78 Å². The molecule has 2 aliphatic rings. The van der Waals surface area contributed by atoms with E-state index in [2.05, 4.69) is 6.92 Å². The van der Waals surface area contributed by atoms with E-state index in [1.165, 1.54) is 0 Å². The largest absolute Gasteiger partial charge is 0.378 e. The molecule has 4 nitrogen and oxygen atoms in total. The van der Waals surface area contributed by atoms with Crippen molar-refractivity contribution in [2.24, 2.45) is 5.92 Å². The van der Waals surface area contributed by atoms with Gasteiger partial charge in [-0.15, -0.1) is 0 Å². The first-order valence-electron chi connectivity index (χ1n) is 5.61. The number of nitrogens with zero attached hydrogens (tertiary/aromatic N) is 1. The predicted molar refractivity (Wildman–Crippen MR) is 54.3 cm³/mol. The van der Waals surface area contributed by atoms with Crippen LogP contribution >= 0.6 is 0 Å². The maximum atomic E-state index is 11.4. The van der Waals surface area contributed by atoms with Crippen molar-refractivity contribution < 1.29 is 14.3 Å². The van der Waals surface area contributed by atoms with Gasteiger partial charge >= 0.3 is 0 Å². The Labute approximate surface area is 89.6 Å². The SMILES string of the molecule is CCC1OCCC1CN1CC(=O)CC1=O. The maximum Gasteiger partial charge on any atom is 0.230 e. The summed E-state index contributed by atoms with van der Waals surface area (Å²) in [5.74, 6) is 0.457. The van der Waals surface area contributed by atoms with E-state index in [0.717, 1.165) is 19.4 Å². The molecule has 2 atom stereocenters. The standard InChI is InChI=1S/C11H17NO3/c1-2-10-8(3-4-15-10)6-12-7-9(13)5-11(12)14/h8,10H,2-7H2,1H3. The minimum atomic E-state index is -0.0123. The number of carbonyl (C=O) groups excluding carboxylic acids is 2.